The summed E-state index contributed by atoms with van der Waals surface area (Å²) in [6.45, 7) is 0.439. The number of hydrogen-bond donors (Lipinski definition) is 3. The summed E-state index contributed by atoms with van der Waals surface area (Å²) in [7, 11) is 3.24. The Hall–Kier alpha value is -2.28. The number of carbonyl (C=O) groups excluding carboxylic acids is 1. The first-order valence-electron chi connectivity index (χ1n) is 8.36. The van der Waals surface area contributed by atoms with Crippen molar-refractivity contribution in [3.8, 4) is 11.5 Å². The van der Waals surface area contributed by atoms with Crippen LogP contribution in [0.4, 0.5) is 0 Å². The van der Waals surface area contributed by atoms with Gasteiger partial charge in [0.2, 0.25) is 5.91 Å². The summed E-state index contributed by atoms with van der Waals surface area (Å²) in [6.07, 6.45) is 0.615. The van der Waals surface area contributed by atoms with E-state index in [0.29, 0.717) is 18.0 Å². The van der Waals surface area contributed by atoms with E-state index in [4.69, 9.17) is 21.1 Å². The third-order valence-corrected chi connectivity index (χ3v) is 4.63. The minimum absolute atomic E-state index is 0.0298. The monoisotopic (exact) mass is 375 g/mol. The normalized spacial score (nSPS) is 19.2. The summed E-state index contributed by atoms with van der Waals surface area (Å²) in [4.78, 5) is 12.4. The van der Waals surface area contributed by atoms with Crippen LogP contribution in [-0.4, -0.2) is 26.2 Å². The van der Waals surface area contributed by atoms with Gasteiger partial charge in [0.25, 0.3) is 0 Å². The van der Waals surface area contributed by atoms with Crippen molar-refractivity contribution in [1.29, 1.82) is 0 Å². The zero-order chi connectivity index (χ0) is 18.5. The Labute approximate surface area is 157 Å². The van der Waals surface area contributed by atoms with Crippen LogP contribution in [0, 0.1) is 0 Å². The van der Waals surface area contributed by atoms with Gasteiger partial charge in [-0.25, -0.2) is 10.9 Å². The number of halogens is 1. The largest absolute Gasteiger partial charge is 0.497 e. The predicted octanol–water partition coefficient (Wildman–Crippen LogP) is 2.58. The van der Waals surface area contributed by atoms with Gasteiger partial charge in [-0.3, -0.25) is 4.79 Å². The maximum atomic E-state index is 12.4. The van der Waals surface area contributed by atoms with E-state index in [0.717, 1.165) is 22.6 Å². The Morgan fingerprint density at radius 3 is 2.77 bits per heavy atom. The molecular formula is C19H22ClN3O3. The molecule has 26 heavy (non-hydrogen) atoms. The average Bonchev–Trinajstić information content (AvgIpc) is 3.15. The van der Waals surface area contributed by atoms with Crippen LogP contribution in [0.25, 0.3) is 0 Å². The molecule has 2 unspecified atom stereocenters. The number of carbonyl (C=O) groups is 1. The molecule has 1 amide bonds. The van der Waals surface area contributed by atoms with Gasteiger partial charge < -0.3 is 14.8 Å². The summed E-state index contributed by atoms with van der Waals surface area (Å²) in [5.41, 5.74) is 8.17. The molecule has 0 aromatic heterocycles. The van der Waals surface area contributed by atoms with Gasteiger partial charge in [-0.1, -0.05) is 29.8 Å². The highest BCUT2D eigenvalue weighted by Gasteiger charge is 2.31. The van der Waals surface area contributed by atoms with Crippen molar-refractivity contribution in [2.45, 2.75) is 25.0 Å². The highest BCUT2D eigenvalue weighted by atomic mass is 35.5. The molecule has 0 bridgehead atoms. The van der Waals surface area contributed by atoms with Gasteiger partial charge >= 0.3 is 0 Å². The van der Waals surface area contributed by atoms with E-state index in [1.165, 1.54) is 0 Å². The smallest absolute Gasteiger partial charge is 0.238 e. The number of hydrazine groups is 1. The van der Waals surface area contributed by atoms with Crippen LogP contribution in [0.5, 0.6) is 11.5 Å². The van der Waals surface area contributed by atoms with Gasteiger partial charge in [0.15, 0.2) is 0 Å². The average molecular weight is 376 g/mol. The Bertz CT molecular complexity index is 784. The molecule has 1 aliphatic rings. The lowest BCUT2D eigenvalue weighted by molar-refractivity contribution is -0.123. The van der Waals surface area contributed by atoms with Crippen LogP contribution in [-0.2, 0) is 11.3 Å². The molecule has 138 valence electrons. The lowest BCUT2D eigenvalue weighted by Gasteiger charge is -2.15. The van der Waals surface area contributed by atoms with Crippen molar-refractivity contribution in [3.63, 3.8) is 0 Å². The van der Waals surface area contributed by atoms with Gasteiger partial charge in [-0.2, -0.15) is 0 Å². The minimum Gasteiger partial charge on any atom is -0.497 e. The molecule has 1 fully saturated rings. The number of amides is 1. The second-order valence-corrected chi connectivity index (χ2v) is 6.52. The van der Waals surface area contributed by atoms with E-state index in [1.54, 1.807) is 14.2 Å². The van der Waals surface area contributed by atoms with Crippen molar-refractivity contribution in [2.75, 3.05) is 14.2 Å². The lowest BCUT2D eigenvalue weighted by atomic mass is 10.0. The molecule has 1 saturated heterocycles. The van der Waals surface area contributed by atoms with Gasteiger partial charge in [0.05, 0.1) is 20.3 Å². The number of rotatable bonds is 6. The molecule has 0 spiro atoms. The van der Waals surface area contributed by atoms with Gasteiger partial charge in [-0.05, 0) is 30.2 Å². The van der Waals surface area contributed by atoms with Crippen LogP contribution in [0.1, 0.15) is 23.6 Å². The maximum absolute atomic E-state index is 12.4. The Balaban J connectivity index is 1.60. The fourth-order valence-electron chi connectivity index (χ4n) is 3.00. The number of ether oxygens (including phenoxy) is 2. The summed E-state index contributed by atoms with van der Waals surface area (Å²) < 4.78 is 10.7. The van der Waals surface area contributed by atoms with E-state index in [9.17, 15) is 4.79 Å². The molecular weight excluding hydrogens is 354 g/mol. The molecule has 7 heteroatoms. The maximum Gasteiger partial charge on any atom is 0.238 e. The van der Waals surface area contributed by atoms with Crippen molar-refractivity contribution in [2.24, 2.45) is 0 Å². The van der Waals surface area contributed by atoms with E-state index in [-0.39, 0.29) is 18.0 Å². The number of hydrogen-bond acceptors (Lipinski definition) is 5. The Kier molecular flexibility index (Phi) is 5.98. The second-order valence-electron chi connectivity index (χ2n) is 6.09. The predicted molar refractivity (Wildman–Crippen MR) is 100 cm³/mol. The molecule has 2 atom stereocenters. The van der Waals surface area contributed by atoms with Crippen LogP contribution >= 0.6 is 11.6 Å². The van der Waals surface area contributed by atoms with Gasteiger partial charge in [-0.15, -0.1) is 0 Å². The summed E-state index contributed by atoms with van der Waals surface area (Å²) in [5.74, 6) is 1.39. The second kappa shape index (κ2) is 8.40. The first kappa shape index (κ1) is 18.5. The van der Waals surface area contributed by atoms with Gasteiger partial charge in [0.1, 0.15) is 17.5 Å². The molecule has 0 aliphatic carbocycles. The molecule has 1 aliphatic heterocycles. The zero-order valence-electron chi connectivity index (χ0n) is 14.7. The van der Waals surface area contributed by atoms with E-state index in [2.05, 4.69) is 16.2 Å². The first-order valence-corrected chi connectivity index (χ1v) is 8.73. The number of benzene rings is 2. The van der Waals surface area contributed by atoms with Crippen LogP contribution in [0.2, 0.25) is 5.02 Å². The number of methoxy groups -OCH3 is 2. The third-order valence-electron chi connectivity index (χ3n) is 4.39. The molecule has 0 saturated carbocycles. The Morgan fingerprint density at radius 2 is 2.04 bits per heavy atom. The van der Waals surface area contributed by atoms with Crippen molar-refractivity contribution in [3.05, 3.63) is 58.6 Å². The molecule has 2 aromatic carbocycles. The van der Waals surface area contributed by atoms with Crippen molar-refractivity contribution >= 4 is 17.5 Å². The summed E-state index contributed by atoms with van der Waals surface area (Å²) >= 11 is 5.97. The minimum atomic E-state index is -0.328. The molecule has 1 heterocycles. The Morgan fingerprint density at radius 1 is 1.19 bits per heavy atom. The van der Waals surface area contributed by atoms with E-state index < -0.39 is 0 Å². The van der Waals surface area contributed by atoms with Crippen LogP contribution in [0.3, 0.4) is 0 Å². The summed E-state index contributed by atoms with van der Waals surface area (Å²) in [5, 5.41) is 3.59. The third kappa shape index (κ3) is 4.27. The molecule has 2 aromatic rings. The quantitative estimate of drug-likeness (QED) is 0.724. The topological polar surface area (TPSA) is 71.6 Å². The van der Waals surface area contributed by atoms with Gasteiger partial charge in [0, 0.05) is 23.2 Å². The van der Waals surface area contributed by atoms with Crippen molar-refractivity contribution in [1.82, 2.24) is 16.2 Å². The highest BCUT2D eigenvalue weighted by Crippen LogP contribution is 2.33. The van der Waals surface area contributed by atoms with E-state index >= 15 is 0 Å². The molecule has 6 nitrogen and oxygen atoms in total. The molecule has 0 radical (unpaired) electrons. The van der Waals surface area contributed by atoms with Crippen LogP contribution < -0.4 is 25.6 Å². The molecule has 3 rings (SSSR count). The molecule has 3 N–H and O–H groups in total. The first-order chi connectivity index (χ1) is 12.6. The number of nitrogens with one attached hydrogen (secondary N) is 3. The standard InChI is InChI=1S/C19H22ClN3O3/c1-25-14-6-7-15(18(9-14)26-2)16-10-17(23-22-16)19(24)21-11-12-4-3-5-13(20)8-12/h3-9,16-17,22-23H,10-11H2,1-2H3,(H,21,24). The summed E-state index contributed by atoms with van der Waals surface area (Å²) in [6, 6.07) is 12.8. The van der Waals surface area contributed by atoms with Crippen molar-refractivity contribution < 1.29 is 14.3 Å². The fraction of sp³-hybridized carbons (Fsp3) is 0.316. The van der Waals surface area contributed by atoms with Crippen LogP contribution in [0.15, 0.2) is 42.5 Å². The fourth-order valence-corrected chi connectivity index (χ4v) is 3.21. The lowest BCUT2D eigenvalue weighted by Crippen LogP contribution is -2.42. The highest BCUT2D eigenvalue weighted by molar-refractivity contribution is 6.30. The zero-order valence-corrected chi connectivity index (χ0v) is 15.5. The SMILES string of the molecule is COc1ccc(C2CC(C(=O)NCc3cccc(Cl)c3)NN2)c(OC)c1. The van der Waals surface area contributed by atoms with E-state index in [1.807, 2.05) is 42.5 Å².